The first-order valence-electron chi connectivity index (χ1n) is 7.87. The standard InChI is InChI=1S/C17H20N4O3/c1-24-13-3-4-14(15(22)11-13)16(23)20-12-5-9-21(10-6-12)17-18-7-2-8-19-17/h2-4,7-8,11-12,22H,5-6,9-10H2,1H3,(H,20,23). The summed E-state index contributed by atoms with van der Waals surface area (Å²) in [4.78, 5) is 22.9. The summed E-state index contributed by atoms with van der Waals surface area (Å²) >= 11 is 0. The molecule has 2 N–H and O–H groups in total. The number of phenols is 1. The summed E-state index contributed by atoms with van der Waals surface area (Å²) in [6.45, 7) is 1.56. The molecule has 0 atom stereocenters. The van der Waals surface area contributed by atoms with Crippen molar-refractivity contribution in [2.24, 2.45) is 0 Å². The van der Waals surface area contributed by atoms with Crippen LogP contribution in [0.15, 0.2) is 36.7 Å². The van der Waals surface area contributed by atoms with Gasteiger partial charge in [-0.1, -0.05) is 0 Å². The van der Waals surface area contributed by atoms with Crippen molar-refractivity contribution in [3.8, 4) is 11.5 Å². The first kappa shape index (κ1) is 16.0. The lowest BCUT2D eigenvalue weighted by Gasteiger charge is -2.32. The van der Waals surface area contributed by atoms with Crippen molar-refractivity contribution in [3.05, 3.63) is 42.2 Å². The lowest BCUT2D eigenvalue weighted by Crippen LogP contribution is -2.45. The molecular weight excluding hydrogens is 308 g/mol. The van der Waals surface area contributed by atoms with E-state index in [4.69, 9.17) is 4.74 Å². The lowest BCUT2D eigenvalue weighted by molar-refractivity contribution is 0.0928. The molecule has 2 heterocycles. The van der Waals surface area contributed by atoms with Gasteiger partial charge in [0, 0.05) is 37.6 Å². The molecule has 0 spiro atoms. The molecule has 1 amide bonds. The minimum Gasteiger partial charge on any atom is -0.507 e. The molecule has 0 radical (unpaired) electrons. The number of benzene rings is 1. The van der Waals surface area contributed by atoms with Crippen LogP contribution < -0.4 is 15.0 Å². The molecule has 0 bridgehead atoms. The second kappa shape index (κ2) is 7.16. The molecule has 1 aromatic carbocycles. The van der Waals surface area contributed by atoms with Gasteiger partial charge < -0.3 is 20.1 Å². The molecule has 1 fully saturated rings. The van der Waals surface area contributed by atoms with E-state index in [1.165, 1.54) is 13.2 Å². The number of methoxy groups -OCH3 is 1. The van der Waals surface area contributed by atoms with E-state index in [1.807, 2.05) is 0 Å². The van der Waals surface area contributed by atoms with E-state index in [-0.39, 0.29) is 23.3 Å². The summed E-state index contributed by atoms with van der Waals surface area (Å²) in [6.07, 6.45) is 5.06. The summed E-state index contributed by atoms with van der Waals surface area (Å²) in [5, 5.41) is 12.9. The number of carbonyl (C=O) groups is 1. The van der Waals surface area contributed by atoms with Crippen molar-refractivity contribution in [2.75, 3.05) is 25.1 Å². The van der Waals surface area contributed by atoms with Crippen LogP contribution in [0.5, 0.6) is 11.5 Å². The van der Waals surface area contributed by atoms with Crippen molar-refractivity contribution in [3.63, 3.8) is 0 Å². The molecule has 2 aromatic rings. The molecule has 1 aliphatic rings. The number of phenolic OH excluding ortho intramolecular Hbond substituents is 1. The van der Waals surface area contributed by atoms with Gasteiger partial charge >= 0.3 is 0 Å². The summed E-state index contributed by atoms with van der Waals surface area (Å²) in [5.74, 6) is 0.877. The number of carbonyl (C=O) groups excluding carboxylic acids is 1. The average molecular weight is 328 g/mol. The first-order chi connectivity index (χ1) is 11.7. The Morgan fingerprint density at radius 1 is 1.29 bits per heavy atom. The lowest BCUT2D eigenvalue weighted by atomic mass is 10.0. The number of piperidine rings is 1. The minimum atomic E-state index is -0.274. The van der Waals surface area contributed by atoms with E-state index < -0.39 is 0 Å². The zero-order valence-electron chi connectivity index (χ0n) is 13.5. The van der Waals surface area contributed by atoms with Crippen molar-refractivity contribution >= 4 is 11.9 Å². The van der Waals surface area contributed by atoms with Gasteiger partial charge in [-0.3, -0.25) is 4.79 Å². The number of nitrogens with one attached hydrogen (secondary N) is 1. The number of aromatic hydroxyl groups is 1. The maximum Gasteiger partial charge on any atom is 0.255 e. The van der Waals surface area contributed by atoms with Crippen LogP contribution >= 0.6 is 0 Å². The topological polar surface area (TPSA) is 87.6 Å². The summed E-state index contributed by atoms with van der Waals surface area (Å²) in [7, 11) is 1.51. The highest BCUT2D eigenvalue weighted by molar-refractivity contribution is 5.97. The van der Waals surface area contributed by atoms with Gasteiger partial charge in [0.1, 0.15) is 11.5 Å². The fourth-order valence-electron chi connectivity index (χ4n) is 2.77. The van der Waals surface area contributed by atoms with Gasteiger partial charge in [-0.2, -0.15) is 0 Å². The van der Waals surface area contributed by atoms with Gasteiger partial charge in [-0.05, 0) is 31.0 Å². The predicted molar refractivity (Wildman–Crippen MR) is 89.4 cm³/mol. The Bertz CT molecular complexity index is 700. The van der Waals surface area contributed by atoms with E-state index in [2.05, 4.69) is 20.2 Å². The first-order valence-corrected chi connectivity index (χ1v) is 7.87. The number of amides is 1. The molecule has 0 aliphatic carbocycles. The number of hydrogen-bond donors (Lipinski definition) is 2. The van der Waals surface area contributed by atoms with Crippen LogP contribution in [-0.4, -0.2) is 47.2 Å². The zero-order chi connectivity index (χ0) is 16.9. The number of ether oxygens (including phenoxy) is 1. The van der Waals surface area contributed by atoms with Crippen LogP contribution in [0, 0.1) is 0 Å². The Balaban J connectivity index is 1.57. The molecule has 1 saturated heterocycles. The van der Waals surface area contributed by atoms with E-state index in [1.54, 1.807) is 30.6 Å². The molecule has 0 saturated carbocycles. The van der Waals surface area contributed by atoms with Crippen molar-refractivity contribution < 1.29 is 14.6 Å². The minimum absolute atomic E-state index is 0.0685. The Hall–Kier alpha value is -2.83. The van der Waals surface area contributed by atoms with Gasteiger partial charge in [0.15, 0.2) is 0 Å². The summed E-state index contributed by atoms with van der Waals surface area (Å²) in [6, 6.07) is 6.52. The fraction of sp³-hybridized carbons (Fsp3) is 0.353. The Morgan fingerprint density at radius 2 is 2.00 bits per heavy atom. The smallest absolute Gasteiger partial charge is 0.255 e. The maximum atomic E-state index is 12.3. The molecule has 1 aliphatic heterocycles. The van der Waals surface area contributed by atoms with E-state index in [9.17, 15) is 9.90 Å². The highest BCUT2D eigenvalue weighted by Gasteiger charge is 2.23. The summed E-state index contributed by atoms with van der Waals surface area (Å²) < 4.78 is 5.02. The highest BCUT2D eigenvalue weighted by Crippen LogP contribution is 2.24. The molecule has 24 heavy (non-hydrogen) atoms. The summed E-state index contributed by atoms with van der Waals surface area (Å²) in [5.41, 5.74) is 0.254. The van der Waals surface area contributed by atoms with Crippen molar-refractivity contribution in [2.45, 2.75) is 18.9 Å². The number of anilines is 1. The second-order valence-corrected chi connectivity index (χ2v) is 5.67. The third-order valence-corrected chi connectivity index (χ3v) is 4.11. The third kappa shape index (κ3) is 3.56. The number of rotatable bonds is 4. The SMILES string of the molecule is COc1ccc(C(=O)NC2CCN(c3ncccn3)CC2)c(O)c1. The molecule has 7 heteroatoms. The van der Waals surface area contributed by atoms with Gasteiger partial charge in [0.05, 0.1) is 12.7 Å². The maximum absolute atomic E-state index is 12.3. The zero-order valence-corrected chi connectivity index (χ0v) is 13.5. The Morgan fingerprint density at radius 3 is 2.62 bits per heavy atom. The largest absolute Gasteiger partial charge is 0.507 e. The van der Waals surface area contributed by atoms with Crippen LogP contribution in [0.25, 0.3) is 0 Å². The van der Waals surface area contributed by atoms with Gasteiger partial charge in [-0.25, -0.2) is 9.97 Å². The van der Waals surface area contributed by atoms with Gasteiger partial charge in [-0.15, -0.1) is 0 Å². The fourth-order valence-corrected chi connectivity index (χ4v) is 2.77. The predicted octanol–water partition coefficient (Wildman–Crippen LogP) is 1.59. The molecule has 3 rings (SSSR count). The molecule has 126 valence electrons. The quantitative estimate of drug-likeness (QED) is 0.886. The Kier molecular flexibility index (Phi) is 4.79. The highest BCUT2D eigenvalue weighted by atomic mass is 16.5. The second-order valence-electron chi connectivity index (χ2n) is 5.67. The normalized spacial score (nSPS) is 15.1. The average Bonchev–Trinajstić information content (AvgIpc) is 2.63. The van der Waals surface area contributed by atoms with Crippen LogP contribution in [0.1, 0.15) is 23.2 Å². The molecular formula is C17H20N4O3. The van der Waals surface area contributed by atoms with E-state index >= 15 is 0 Å². The van der Waals surface area contributed by atoms with Crippen LogP contribution in [0.3, 0.4) is 0 Å². The molecule has 0 unspecified atom stereocenters. The molecule has 1 aromatic heterocycles. The molecule has 7 nitrogen and oxygen atoms in total. The van der Waals surface area contributed by atoms with Crippen LogP contribution in [0.4, 0.5) is 5.95 Å². The van der Waals surface area contributed by atoms with Crippen LogP contribution in [-0.2, 0) is 0 Å². The van der Waals surface area contributed by atoms with Gasteiger partial charge in [0.25, 0.3) is 5.91 Å². The Labute approximate surface area is 140 Å². The number of aromatic nitrogens is 2. The van der Waals surface area contributed by atoms with Crippen molar-refractivity contribution in [1.29, 1.82) is 0 Å². The van der Waals surface area contributed by atoms with E-state index in [0.717, 1.165) is 31.9 Å². The third-order valence-electron chi connectivity index (χ3n) is 4.11. The van der Waals surface area contributed by atoms with E-state index in [0.29, 0.717) is 5.75 Å². The number of hydrogen-bond acceptors (Lipinski definition) is 6. The number of nitrogens with zero attached hydrogens (tertiary/aromatic N) is 3. The van der Waals surface area contributed by atoms with Crippen LogP contribution in [0.2, 0.25) is 0 Å². The monoisotopic (exact) mass is 328 g/mol. The van der Waals surface area contributed by atoms with Gasteiger partial charge in [0.2, 0.25) is 5.95 Å². The van der Waals surface area contributed by atoms with Crippen molar-refractivity contribution in [1.82, 2.24) is 15.3 Å².